The van der Waals surface area contributed by atoms with Gasteiger partial charge >= 0.3 is 0 Å². The molecule has 1 aromatic heterocycles. The van der Waals surface area contributed by atoms with Gasteiger partial charge in [-0.25, -0.2) is 9.07 Å². The third kappa shape index (κ3) is 4.78. The Morgan fingerprint density at radius 1 is 1.26 bits per heavy atom. The van der Waals surface area contributed by atoms with Crippen LogP contribution in [0.3, 0.4) is 0 Å². The first-order valence-corrected chi connectivity index (χ1v) is 10.2. The number of hydrogen-bond acceptors (Lipinski definition) is 5. The number of rotatable bonds is 6. The third-order valence-corrected chi connectivity index (χ3v) is 5.48. The Kier molecular flexibility index (Phi) is 6.05. The zero-order chi connectivity index (χ0) is 21.8. The number of halogens is 1. The second kappa shape index (κ2) is 9.06. The first kappa shape index (κ1) is 20.7. The van der Waals surface area contributed by atoms with E-state index in [4.69, 9.17) is 5.73 Å². The van der Waals surface area contributed by atoms with Crippen molar-refractivity contribution in [3.63, 3.8) is 0 Å². The van der Waals surface area contributed by atoms with Gasteiger partial charge < -0.3 is 10.6 Å². The average Bonchev–Trinajstić information content (AvgIpc) is 3.43. The van der Waals surface area contributed by atoms with E-state index >= 15 is 0 Å². The Morgan fingerprint density at radius 3 is 2.81 bits per heavy atom. The van der Waals surface area contributed by atoms with Crippen LogP contribution in [0.15, 0.2) is 54.7 Å². The van der Waals surface area contributed by atoms with Crippen LogP contribution in [0.1, 0.15) is 24.0 Å². The molecule has 8 heteroatoms. The Bertz CT molecular complexity index is 1100. The van der Waals surface area contributed by atoms with Crippen LogP contribution in [0.25, 0.3) is 11.3 Å². The molecule has 2 aromatic carbocycles. The van der Waals surface area contributed by atoms with Crippen LogP contribution >= 0.6 is 0 Å². The summed E-state index contributed by atoms with van der Waals surface area (Å²) in [4.78, 5) is 14.2. The summed E-state index contributed by atoms with van der Waals surface area (Å²) in [5, 5.41) is 17.5. The largest absolute Gasteiger partial charge is 0.325 e. The molecule has 1 saturated heterocycles. The molecule has 2 heterocycles. The standard InChI is InChI=1S/C23H23FN6O/c24-19-4-1-3-17(11-19)14-29-15-22(27-28-29)18-8-6-16(7-9-18)12-21(26)23(31)30-10-2-5-20(30)13-25/h1,3-4,6-9,11,15,20-21H,2,5,10,12,14,26H2/t20-,21-/m0/s1. The molecule has 1 fully saturated rings. The van der Waals surface area contributed by atoms with Crippen molar-refractivity contribution in [1.29, 1.82) is 5.26 Å². The zero-order valence-electron chi connectivity index (χ0n) is 17.0. The molecule has 158 valence electrons. The lowest BCUT2D eigenvalue weighted by Gasteiger charge is -2.23. The number of carbonyl (C=O) groups excluding carboxylic acids is 1. The minimum absolute atomic E-state index is 0.173. The van der Waals surface area contributed by atoms with Gasteiger partial charge in [0.2, 0.25) is 5.91 Å². The van der Waals surface area contributed by atoms with Crippen molar-refractivity contribution < 1.29 is 9.18 Å². The third-order valence-electron chi connectivity index (χ3n) is 5.48. The summed E-state index contributed by atoms with van der Waals surface area (Å²) in [5.74, 6) is -0.452. The van der Waals surface area contributed by atoms with Crippen molar-refractivity contribution in [2.75, 3.05) is 6.54 Å². The van der Waals surface area contributed by atoms with Crippen LogP contribution in [0.2, 0.25) is 0 Å². The summed E-state index contributed by atoms with van der Waals surface area (Å²) >= 11 is 0. The summed E-state index contributed by atoms with van der Waals surface area (Å²) in [5.41, 5.74) is 9.46. The van der Waals surface area contributed by atoms with Crippen molar-refractivity contribution in [2.45, 2.75) is 37.9 Å². The molecule has 0 unspecified atom stereocenters. The predicted molar refractivity (Wildman–Crippen MR) is 113 cm³/mol. The SMILES string of the molecule is N#C[C@@H]1CCCN1C(=O)[C@@H](N)Cc1ccc(-c2cn(Cc3cccc(F)c3)nn2)cc1. The number of amides is 1. The van der Waals surface area contributed by atoms with Crippen LogP contribution in [0.4, 0.5) is 4.39 Å². The molecule has 0 spiro atoms. The molecule has 0 aliphatic carbocycles. The Hall–Kier alpha value is -3.57. The van der Waals surface area contributed by atoms with Gasteiger partial charge in [0.1, 0.15) is 17.6 Å². The highest BCUT2D eigenvalue weighted by atomic mass is 19.1. The molecule has 2 atom stereocenters. The van der Waals surface area contributed by atoms with Gasteiger partial charge in [0, 0.05) is 12.1 Å². The summed E-state index contributed by atoms with van der Waals surface area (Å²) in [6, 6.07) is 15.2. The van der Waals surface area contributed by atoms with Crippen molar-refractivity contribution in [1.82, 2.24) is 19.9 Å². The van der Waals surface area contributed by atoms with E-state index in [1.807, 2.05) is 36.5 Å². The van der Waals surface area contributed by atoms with Gasteiger partial charge in [-0.15, -0.1) is 5.10 Å². The molecular formula is C23H23FN6O. The Balaban J connectivity index is 1.39. The highest BCUT2D eigenvalue weighted by Gasteiger charge is 2.31. The van der Waals surface area contributed by atoms with Crippen molar-refractivity contribution in [3.8, 4) is 17.3 Å². The average molecular weight is 418 g/mol. The van der Waals surface area contributed by atoms with E-state index in [0.717, 1.165) is 23.1 Å². The number of nitriles is 1. The zero-order valence-corrected chi connectivity index (χ0v) is 17.0. The van der Waals surface area contributed by atoms with E-state index in [1.165, 1.54) is 12.1 Å². The first-order valence-electron chi connectivity index (χ1n) is 10.2. The van der Waals surface area contributed by atoms with Crippen molar-refractivity contribution in [3.05, 3.63) is 71.7 Å². The molecule has 1 aliphatic rings. The maximum atomic E-state index is 13.4. The van der Waals surface area contributed by atoms with Gasteiger partial charge in [-0.3, -0.25) is 4.79 Å². The highest BCUT2D eigenvalue weighted by Crippen LogP contribution is 2.20. The lowest BCUT2D eigenvalue weighted by atomic mass is 10.0. The molecule has 1 aliphatic heterocycles. The fourth-order valence-corrected chi connectivity index (χ4v) is 3.86. The second-order valence-electron chi connectivity index (χ2n) is 7.76. The topological polar surface area (TPSA) is 101 Å². The minimum Gasteiger partial charge on any atom is -0.325 e. The van der Waals surface area contributed by atoms with Gasteiger partial charge in [0.25, 0.3) is 0 Å². The number of nitrogens with two attached hydrogens (primary N) is 1. The number of nitrogens with zero attached hydrogens (tertiary/aromatic N) is 5. The van der Waals surface area contributed by atoms with Crippen LogP contribution in [-0.4, -0.2) is 44.4 Å². The summed E-state index contributed by atoms with van der Waals surface area (Å²) in [6.07, 6.45) is 3.76. The number of benzene rings is 2. The number of carbonyl (C=O) groups is 1. The number of likely N-dealkylation sites (tertiary alicyclic amines) is 1. The van der Waals surface area contributed by atoms with E-state index in [0.29, 0.717) is 31.6 Å². The van der Waals surface area contributed by atoms with Gasteiger partial charge in [0.15, 0.2) is 0 Å². The molecule has 0 radical (unpaired) electrons. The molecule has 0 saturated carbocycles. The lowest BCUT2D eigenvalue weighted by Crippen LogP contribution is -2.46. The number of hydrogen-bond donors (Lipinski definition) is 1. The van der Waals surface area contributed by atoms with Gasteiger partial charge in [-0.2, -0.15) is 5.26 Å². The van der Waals surface area contributed by atoms with Crippen LogP contribution in [-0.2, 0) is 17.8 Å². The van der Waals surface area contributed by atoms with Gasteiger partial charge in [-0.05, 0) is 42.5 Å². The first-order chi connectivity index (χ1) is 15.0. The quantitative estimate of drug-likeness (QED) is 0.663. The molecule has 1 amide bonds. The molecule has 4 rings (SSSR count). The highest BCUT2D eigenvalue weighted by molar-refractivity contribution is 5.83. The molecule has 31 heavy (non-hydrogen) atoms. The lowest BCUT2D eigenvalue weighted by molar-refractivity contribution is -0.132. The Labute approximate surface area is 179 Å². The predicted octanol–water partition coefficient (Wildman–Crippen LogP) is 2.52. The monoisotopic (exact) mass is 418 g/mol. The molecular weight excluding hydrogens is 395 g/mol. The van der Waals surface area contributed by atoms with E-state index < -0.39 is 6.04 Å². The number of aromatic nitrogens is 3. The van der Waals surface area contributed by atoms with E-state index in [9.17, 15) is 14.4 Å². The second-order valence-corrected chi connectivity index (χ2v) is 7.76. The molecule has 2 N–H and O–H groups in total. The van der Waals surface area contributed by atoms with E-state index in [2.05, 4.69) is 16.4 Å². The van der Waals surface area contributed by atoms with Gasteiger partial charge in [-0.1, -0.05) is 41.6 Å². The van der Waals surface area contributed by atoms with Crippen LogP contribution in [0, 0.1) is 17.1 Å². The smallest absolute Gasteiger partial charge is 0.240 e. The Morgan fingerprint density at radius 2 is 2.06 bits per heavy atom. The molecule has 7 nitrogen and oxygen atoms in total. The molecule has 0 bridgehead atoms. The van der Waals surface area contributed by atoms with Gasteiger partial charge in [0.05, 0.1) is 24.9 Å². The minimum atomic E-state index is -0.674. The summed E-state index contributed by atoms with van der Waals surface area (Å²) in [6.45, 7) is 1.02. The van der Waals surface area contributed by atoms with Crippen molar-refractivity contribution in [2.24, 2.45) is 5.73 Å². The van der Waals surface area contributed by atoms with Crippen molar-refractivity contribution >= 4 is 5.91 Å². The normalized spacial score (nSPS) is 16.8. The summed E-state index contributed by atoms with van der Waals surface area (Å²) < 4.78 is 15.0. The molecule has 3 aromatic rings. The maximum Gasteiger partial charge on any atom is 0.240 e. The van der Waals surface area contributed by atoms with Crippen LogP contribution in [0.5, 0.6) is 0 Å². The van der Waals surface area contributed by atoms with E-state index in [1.54, 1.807) is 15.6 Å². The maximum absolute atomic E-state index is 13.4. The van der Waals surface area contributed by atoms with Crippen LogP contribution < -0.4 is 5.73 Å². The fourth-order valence-electron chi connectivity index (χ4n) is 3.86. The fraction of sp³-hybridized carbons (Fsp3) is 0.304. The summed E-state index contributed by atoms with van der Waals surface area (Å²) in [7, 11) is 0. The van der Waals surface area contributed by atoms with E-state index in [-0.39, 0.29) is 17.8 Å².